The van der Waals surface area contributed by atoms with Gasteiger partial charge >= 0.3 is 6.18 Å². The van der Waals surface area contributed by atoms with Crippen LogP contribution in [0.15, 0.2) is 6.20 Å². The normalized spacial score (nSPS) is 11.0. The fourth-order valence-corrected chi connectivity index (χ4v) is 1.47. The van der Waals surface area contributed by atoms with Crippen molar-refractivity contribution in [3.8, 4) is 5.75 Å². The second kappa shape index (κ2) is 10.2. The Hall–Kier alpha value is -1.57. The average Bonchev–Trinajstić information content (AvgIpc) is 2.39. The first-order valence-electron chi connectivity index (χ1n) is 6.77. The van der Waals surface area contributed by atoms with Crippen molar-refractivity contribution in [3.05, 3.63) is 12.0 Å². The van der Waals surface area contributed by atoms with Crippen LogP contribution in [-0.4, -0.2) is 42.5 Å². The molecule has 8 heteroatoms. The van der Waals surface area contributed by atoms with Gasteiger partial charge in [0.2, 0.25) is 0 Å². The van der Waals surface area contributed by atoms with Gasteiger partial charge in [0.15, 0.2) is 11.6 Å². The third-order valence-corrected chi connectivity index (χ3v) is 2.45. The van der Waals surface area contributed by atoms with Crippen molar-refractivity contribution in [1.29, 1.82) is 0 Å². The van der Waals surface area contributed by atoms with Crippen molar-refractivity contribution >= 4 is 5.82 Å². The molecule has 5 nitrogen and oxygen atoms in total. The van der Waals surface area contributed by atoms with Gasteiger partial charge in [-0.2, -0.15) is 13.2 Å². The van der Waals surface area contributed by atoms with E-state index in [0.717, 1.165) is 19.4 Å². The van der Waals surface area contributed by atoms with E-state index < -0.39 is 12.8 Å². The van der Waals surface area contributed by atoms with E-state index in [9.17, 15) is 13.2 Å². The summed E-state index contributed by atoms with van der Waals surface area (Å²) in [6.07, 6.45) is -0.796. The summed E-state index contributed by atoms with van der Waals surface area (Å²) in [6.45, 7) is 3.15. The van der Waals surface area contributed by atoms with E-state index in [1.807, 2.05) is 0 Å². The second-order valence-corrected chi connectivity index (χ2v) is 4.43. The van der Waals surface area contributed by atoms with Gasteiger partial charge in [-0.15, -0.1) is 0 Å². The average molecular weight is 323 g/mol. The lowest BCUT2D eigenvalue weighted by molar-refractivity contribution is -0.175. The summed E-state index contributed by atoms with van der Waals surface area (Å²) in [4.78, 5) is 8.22. The van der Waals surface area contributed by atoms with Crippen molar-refractivity contribution in [2.24, 2.45) is 0 Å². The molecule has 0 aliphatic heterocycles. The highest BCUT2D eigenvalue weighted by Gasteiger charge is 2.27. The van der Waals surface area contributed by atoms with Crippen LogP contribution in [0, 0.1) is 6.92 Å². The number of rotatable bonds is 9. The van der Waals surface area contributed by atoms with E-state index in [-0.39, 0.29) is 20.6 Å². The van der Waals surface area contributed by atoms with Crippen LogP contribution in [0.4, 0.5) is 19.0 Å². The highest BCUT2D eigenvalue weighted by atomic mass is 19.4. The summed E-state index contributed by atoms with van der Waals surface area (Å²) in [6, 6.07) is 0. The molecule has 0 amide bonds. The molecule has 1 heterocycles. The lowest BCUT2D eigenvalue weighted by atomic mass is 10.3. The van der Waals surface area contributed by atoms with E-state index in [2.05, 4.69) is 26.9 Å². The zero-order valence-corrected chi connectivity index (χ0v) is 12.2. The number of anilines is 1. The van der Waals surface area contributed by atoms with Crippen molar-refractivity contribution < 1.29 is 22.6 Å². The van der Waals surface area contributed by atoms with Crippen LogP contribution in [0.25, 0.3) is 0 Å². The molecule has 0 atom stereocenters. The number of nitrogens with one attached hydrogen (secondary N) is 1. The Morgan fingerprint density at radius 1 is 1.27 bits per heavy atom. The summed E-state index contributed by atoms with van der Waals surface area (Å²) in [5.41, 5.74) is 0. The van der Waals surface area contributed by atoms with Gasteiger partial charge in [-0.05, 0) is 13.3 Å². The number of aryl methyl sites for hydroxylation is 1. The molecule has 0 saturated heterocycles. The van der Waals surface area contributed by atoms with Crippen LogP contribution in [0.3, 0.4) is 0 Å². The molecular formula is C14H24F3N3O2. The van der Waals surface area contributed by atoms with E-state index in [4.69, 9.17) is 4.74 Å². The van der Waals surface area contributed by atoms with Gasteiger partial charge in [0.25, 0.3) is 0 Å². The zero-order valence-electron chi connectivity index (χ0n) is 12.2. The Morgan fingerprint density at radius 3 is 2.64 bits per heavy atom. The molecule has 0 radical (unpaired) electrons. The number of halogens is 3. The number of nitrogens with zero attached hydrogens (tertiary/aromatic N) is 2. The summed E-state index contributed by atoms with van der Waals surface area (Å²) in [5, 5.41) is 3.12. The maximum absolute atomic E-state index is 11.9. The molecule has 0 spiro atoms. The lowest BCUT2D eigenvalue weighted by Gasteiger charge is -2.13. The maximum atomic E-state index is 11.9. The van der Waals surface area contributed by atoms with Crippen LogP contribution in [0.2, 0.25) is 0 Å². The van der Waals surface area contributed by atoms with Gasteiger partial charge in [0.1, 0.15) is 19.0 Å². The minimum absolute atomic E-state index is 0. The van der Waals surface area contributed by atoms with Crippen molar-refractivity contribution in [1.82, 2.24) is 9.97 Å². The number of unbranched alkanes of at least 4 members (excludes halogenated alkanes) is 1. The molecule has 22 heavy (non-hydrogen) atoms. The van der Waals surface area contributed by atoms with Crippen LogP contribution >= 0.6 is 0 Å². The topological polar surface area (TPSA) is 56.3 Å². The molecule has 0 aliphatic rings. The van der Waals surface area contributed by atoms with Gasteiger partial charge in [0.05, 0.1) is 12.8 Å². The summed E-state index contributed by atoms with van der Waals surface area (Å²) in [5.74, 6) is 1.55. The molecule has 0 saturated carbocycles. The SMILES string of the molecule is C.CCCCNc1nc(C)ncc1OCCOCC(F)(F)F. The van der Waals surface area contributed by atoms with Gasteiger partial charge in [-0.1, -0.05) is 20.8 Å². The summed E-state index contributed by atoms with van der Waals surface area (Å²) in [7, 11) is 0. The molecule has 0 aromatic carbocycles. The third kappa shape index (κ3) is 8.66. The monoisotopic (exact) mass is 323 g/mol. The summed E-state index contributed by atoms with van der Waals surface area (Å²) >= 11 is 0. The first kappa shape index (κ1) is 20.4. The summed E-state index contributed by atoms with van der Waals surface area (Å²) < 4.78 is 45.5. The van der Waals surface area contributed by atoms with Crippen molar-refractivity contribution in [2.75, 3.05) is 31.7 Å². The second-order valence-electron chi connectivity index (χ2n) is 4.43. The van der Waals surface area contributed by atoms with Crippen LogP contribution in [-0.2, 0) is 4.74 Å². The molecule has 0 aliphatic carbocycles. The molecule has 1 aromatic heterocycles. The number of aromatic nitrogens is 2. The Morgan fingerprint density at radius 2 is 2.00 bits per heavy atom. The van der Waals surface area contributed by atoms with E-state index in [0.29, 0.717) is 17.4 Å². The predicted molar refractivity (Wildman–Crippen MR) is 79.3 cm³/mol. The quantitative estimate of drug-likeness (QED) is 0.704. The molecule has 0 bridgehead atoms. The van der Waals surface area contributed by atoms with Crippen molar-refractivity contribution in [2.45, 2.75) is 40.3 Å². The number of hydrogen-bond donors (Lipinski definition) is 1. The standard InChI is InChI=1S/C13H20F3N3O2.CH4/c1-3-4-5-17-12-11(8-18-10(2)19-12)21-7-6-20-9-13(14,15)16;/h8H,3-7,9H2,1-2H3,(H,17,18,19);1H4. The van der Waals surface area contributed by atoms with Crippen LogP contribution < -0.4 is 10.1 Å². The molecule has 1 rings (SSSR count). The third-order valence-electron chi connectivity index (χ3n) is 2.45. The van der Waals surface area contributed by atoms with Gasteiger partial charge in [0, 0.05) is 6.54 Å². The maximum Gasteiger partial charge on any atom is 0.411 e. The van der Waals surface area contributed by atoms with Crippen LogP contribution in [0.1, 0.15) is 33.0 Å². The Labute approximate surface area is 129 Å². The largest absolute Gasteiger partial charge is 0.486 e. The van der Waals surface area contributed by atoms with Gasteiger partial charge < -0.3 is 14.8 Å². The lowest BCUT2D eigenvalue weighted by Crippen LogP contribution is -2.19. The number of ether oxygens (including phenoxy) is 2. The Bertz CT molecular complexity index is 428. The molecule has 0 fully saturated rings. The zero-order chi connectivity index (χ0) is 15.7. The van der Waals surface area contributed by atoms with Gasteiger partial charge in [-0.25, -0.2) is 9.97 Å². The number of hydrogen-bond acceptors (Lipinski definition) is 5. The fourth-order valence-electron chi connectivity index (χ4n) is 1.47. The minimum atomic E-state index is -4.32. The molecule has 0 unspecified atom stereocenters. The molecular weight excluding hydrogens is 299 g/mol. The first-order valence-corrected chi connectivity index (χ1v) is 6.77. The Kier molecular flexibility index (Phi) is 9.48. The molecule has 1 aromatic rings. The Balaban J connectivity index is 0.00000441. The predicted octanol–water partition coefficient (Wildman–Crippen LogP) is 3.59. The van der Waals surface area contributed by atoms with E-state index >= 15 is 0 Å². The van der Waals surface area contributed by atoms with E-state index in [1.54, 1.807) is 6.92 Å². The molecule has 1 N–H and O–H groups in total. The highest BCUT2D eigenvalue weighted by molar-refractivity contribution is 5.48. The van der Waals surface area contributed by atoms with Crippen molar-refractivity contribution in [3.63, 3.8) is 0 Å². The van der Waals surface area contributed by atoms with Crippen LogP contribution in [0.5, 0.6) is 5.75 Å². The smallest absolute Gasteiger partial charge is 0.411 e. The number of alkyl halides is 3. The first-order chi connectivity index (χ1) is 9.92. The van der Waals surface area contributed by atoms with E-state index in [1.165, 1.54) is 6.20 Å². The van der Waals surface area contributed by atoms with Gasteiger partial charge in [-0.3, -0.25) is 0 Å². The molecule has 128 valence electrons. The minimum Gasteiger partial charge on any atom is -0.486 e. The highest BCUT2D eigenvalue weighted by Crippen LogP contribution is 2.21. The fraction of sp³-hybridized carbons (Fsp3) is 0.714.